The first-order valence-electron chi connectivity index (χ1n) is 6.63. The summed E-state index contributed by atoms with van der Waals surface area (Å²) in [6, 6.07) is 9.89. The molecule has 1 aliphatic rings. The highest BCUT2D eigenvalue weighted by Crippen LogP contribution is 2.29. The number of halogens is 1. The quantitative estimate of drug-likeness (QED) is 0.771. The third-order valence-electron chi connectivity index (χ3n) is 3.46. The zero-order valence-corrected chi connectivity index (χ0v) is 12.6. The molecule has 1 N–H and O–H groups in total. The van der Waals surface area contributed by atoms with Crippen LogP contribution in [0.1, 0.15) is 5.56 Å². The number of benzene rings is 1. The molecule has 0 amide bonds. The van der Waals surface area contributed by atoms with Gasteiger partial charge >= 0.3 is 0 Å². The van der Waals surface area contributed by atoms with Crippen LogP contribution >= 0.6 is 15.9 Å². The number of nitrogens with zero attached hydrogens (tertiary/aromatic N) is 3. The molecule has 0 fully saturated rings. The number of pyridine rings is 1. The van der Waals surface area contributed by atoms with Crippen molar-refractivity contribution in [3.8, 4) is 23.0 Å². The predicted molar refractivity (Wildman–Crippen MR) is 82.9 cm³/mol. The van der Waals surface area contributed by atoms with E-state index in [1.807, 2.05) is 18.2 Å². The van der Waals surface area contributed by atoms with E-state index in [0.29, 0.717) is 17.4 Å². The fourth-order valence-electron chi connectivity index (χ4n) is 2.43. The van der Waals surface area contributed by atoms with E-state index in [1.54, 1.807) is 6.20 Å². The van der Waals surface area contributed by atoms with Crippen molar-refractivity contribution in [2.45, 2.75) is 6.42 Å². The number of fused-ring (bicyclic) bond motifs is 1. The van der Waals surface area contributed by atoms with E-state index in [0.717, 1.165) is 23.0 Å². The van der Waals surface area contributed by atoms with Gasteiger partial charge in [-0.15, -0.1) is 0 Å². The molecule has 0 saturated carbocycles. The molecule has 1 aromatic carbocycles. The summed E-state index contributed by atoms with van der Waals surface area (Å²) in [4.78, 5) is 8.72. The summed E-state index contributed by atoms with van der Waals surface area (Å²) in [6.45, 7) is 0.981. The highest BCUT2D eigenvalue weighted by atomic mass is 79.9. The van der Waals surface area contributed by atoms with Gasteiger partial charge in [0.25, 0.3) is 5.89 Å². The van der Waals surface area contributed by atoms with Crippen LogP contribution < -0.4 is 5.32 Å². The van der Waals surface area contributed by atoms with Crippen LogP contribution in [-0.2, 0) is 6.42 Å². The minimum Gasteiger partial charge on any atom is -0.384 e. The Labute approximate surface area is 129 Å². The van der Waals surface area contributed by atoms with Gasteiger partial charge in [-0.05, 0) is 58.2 Å². The average molecular weight is 343 g/mol. The molecular formula is C15H11BrN4O. The Bertz CT molecular complexity index is 815. The second-order valence-corrected chi connectivity index (χ2v) is 5.66. The maximum Gasteiger partial charge on any atom is 0.258 e. The summed E-state index contributed by atoms with van der Waals surface area (Å²) in [5.41, 5.74) is 4.08. The van der Waals surface area contributed by atoms with E-state index in [9.17, 15) is 0 Å². The van der Waals surface area contributed by atoms with Crippen molar-refractivity contribution in [1.29, 1.82) is 0 Å². The molecule has 21 heavy (non-hydrogen) atoms. The summed E-state index contributed by atoms with van der Waals surface area (Å²) in [6.07, 6.45) is 2.73. The molecule has 0 atom stereocenters. The van der Waals surface area contributed by atoms with Crippen LogP contribution in [0.3, 0.4) is 0 Å². The van der Waals surface area contributed by atoms with Gasteiger partial charge in [0.2, 0.25) is 5.82 Å². The van der Waals surface area contributed by atoms with E-state index < -0.39 is 0 Å². The molecule has 0 bridgehead atoms. The standard InChI is InChI=1S/C15H11BrN4O/c16-11-2-1-6-18-13(11)14-19-15(21-20-14)10-3-4-12-9(8-10)5-7-17-12/h1-4,6,8,17H,5,7H2. The SMILES string of the molecule is Brc1cccnc1-c1noc(-c2ccc3c(c2)CCN3)n1. The molecular weight excluding hydrogens is 332 g/mol. The lowest BCUT2D eigenvalue weighted by molar-refractivity contribution is 0.432. The Morgan fingerprint density at radius 1 is 1.24 bits per heavy atom. The van der Waals surface area contributed by atoms with Crippen LogP contribution in [-0.4, -0.2) is 21.7 Å². The van der Waals surface area contributed by atoms with Gasteiger partial charge in [-0.25, -0.2) is 0 Å². The number of nitrogens with one attached hydrogen (secondary N) is 1. The largest absolute Gasteiger partial charge is 0.384 e. The molecule has 6 heteroatoms. The minimum absolute atomic E-state index is 0.482. The third kappa shape index (κ3) is 2.21. The van der Waals surface area contributed by atoms with Gasteiger partial charge in [-0.1, -0.05) is 5.16 Å². The first-order valence-corrected chi connectivity index (χ1v) is 7.42. The summed E-state index contributed by atoms with van der Waals surface area (Å²) in [5, 5.41) is 7.36. The molecule has 3 heterocycles. The van der Waals surface area contributed by atoms with E-state index in [1.165, 1.54) is 11.3 Å². The van der Waals surface area contributed by atoms with Crippen LogP contribution in [0.5, 0.6) is 0 Å². The fourth-order valence-corrected chi connectivity index (χ4v) is 2.86. The summed E-state index contributed by atoms with van der Waals surface area (Å²) >= 11 is 3.45. The van der Waals surface area contributed by atoms with E-state index in [-0.39, 0.29) is 0 Å². The van der Waals surface area contributed by atoms with Crippen LogP contribution in [0.4, 0.5) is 5.69 Å². The molecule has 3 aromatic rings. The number of anilines is 1. The van der Waals surface area contributed by atoms with Gasteiger partial charge in [-0.2, -0.15) is 4.98 Å². The first kappa shape index (κ1) is 12.5. The molecule has 0 aliphatic carbocycles. The zero-order chi connectivity index (χ0) is 14.2. The molecule has 104 valence electrons. The molecule has 4 rings (SSSR count). The van der Waals surface area contributed by atoms with Gasteiger partial charge in [0.1, 0.15) is 5.69 Å². The van der Waals surface area contributed by atoms with Crippen LogP contribution in [0.15, 0.2) is 45.5 Å². The van der Waals surface area contributed by atoms with Gasteiger partial charge in [0.05, 0.1) is 0 Å². The van der Waals surface area contributed by atoms with Crippen molar-refractivity contribution >= 4 is 21.6 Å². The highest BCUT2D eigenvalue weighted by molar-refractivity contribution is 9.10. The maximum atomic E-state index is 5.38. The van der Waals surface area contributed by atoms with Crippen molar-refractivity contribution < 1.29 is 4.52 Å². The summed E-state index contributed by atoms with van der Waals surface area (Å²) in [5.74, 6) is 0.994. The lowest BCUT2D eigenvalue weighted by Crippen LogP contribution is -1.90. The lowest BCUT2D eigenvalue weighted by Gasteiger charge is -2.00. The Morgan fingerprint density at radius 3 is 3.10 bits per heavy atom. The fraction of sp³-hybridized carbons (Fsp3) is 0.133. The lowest BCUT2D eigenvalue weighted by atomic mass is 10.1. The smallest absolute Gasteiger partial charge is 0.258 e. The van der Waals surface area contributed by atoms with Crippen LogP contribution in [0, 0.1) is 0 Å². The third-order valence-corrected chi connectivity index (χ3v) is 4.10. The normalized spacial score (nSPS) is 13.0. The Kier molecular flexibility index (Phi) is 2.96. The predicted octanol–water partition coefficient (Wildman–Crippen LogP) is 3.53. The Morgan fingerprint density at radius 2 is 2.19 bits per heavy atom. The Hall–Kier alpha value is -2.21. The highest BCUT2D eigenvalue weighted by Gasteiger charge is 2.16. The molecule has 0 saturated heterocycles. The molecule has 2 aromatic heterocycles. The van der Waals surface area contributed by atoms with Gasteiger partial charge in [0, 0.05) is 28.5 Å². The summed E-state index contributed by atoms with van der Waals surface area (Å²) < 4.78 is 6.22. The van der Waals surface area contributed by atoms with E-state index in [2.05, 4.69) is 48.5 Å². The second-order valence-electron chi connectivity index (χ2n) is 4.81. The molecule has 0 radical (unpaired) electrons. The summed E-state index contributed by atoms with van der Waals surface area (Å²) in [7, 11) is 0. The van der Waals surface area contributed by atoms with Crippen LogP contribution in [0.2, 0.25) is 0 Å². The molecule has 1 aliphatic heterocycles. The van der Waals surface area contributed by atoms with Gasteiger partial charge < -0.3 is 9.84 Å². The van der Waals surface area contributed by atoms with Crippen LogP contribution in [0.25, 0.3) is 23.0 Å². The van der Waals surface area contributed by atoms with Crippen molar-refractivity contribution in [2.24, 2.45) is 0 Å². The van der Waals surface area contributed by atoms with Crippen molar-refractivity contribution in [3.63, 3.8) is 0 Å². The number of rotatable bonds is 2. The average Bonchev–Trinajstić information content (AvgIpc) is 3.16. The second kappa shape index (κ2) is 4.96. The molecule has 0 spiro atoms. The number of hydrogen-bond acceptors (Lipinski definition) is 5. The van der Waals surface area contributed by atoms with Crippen molar-refractivity contribution in [2.75, 3.05) is 11.9 Å². The molecule has 0 unspecified atom stereocenters. The number of aromatic nitrogens is 3. The van der Waals surface area contributed by atoms with Gasteiger partial charge in [0.15, 0.2) is 0 Å². The number of hydrogen-bond donors (Lipinski definition) is 1. The first-order chi connectivity index (χ1) is 10.3. The van der Waals surface area contributed by atoms with Gasteiger partial charge in [-0.3, -0.25) is 4.98 Å². The Balaban J connectivity index is 1.73. The van der Waals surface area contributed by atoms with E-state index >= 15 is 0 Å². The van der Waals surface area contributed by atoms with Crippen molar-refractivity contribution in [3.05, 3.63) is 46.6 Å². The minimum atomic E-state index is 0.482. The zero-order valence-electron chi connectivity index (χ0n) is 11.0. The monoisotopic (exact) mass is 342 g/mol. The van der Waals surface area contributed by atoms with E-state index in [4.69, 9.17) is 4.52 Å². The molecule has 5 nitrogen and oxygen atoms in total. The topological polar surface area (TPSA) is 63.8 Å². The maximum absolute atomic E-state index is 5.38. The van der Waals surface area contributed by atoms with Crippen molar-refractivity contribution in [1.82, 2.24) is 15.1 Å².